The minimum absolute atomic E-state index is 0.0442. The molecule has 0 fully saturated rings. The summed E-state index contributed by atoms with van der Waals surface area (Å²) in [6, 6.07) is 6.56. The Morgan fingerprint density at radius 2 is 2.15 bits per heavy atom. The van der Waals surface area contributed by atoms with Crippen molar-refractivity contribution in [2.75, 3.05) is 5.32 Å². The molecule has 1 amide bonds. The van der Waals surface area contributed by atoms with Gasteiger partial charge < -0.3 is 9.84 Å². The lowest BCUT2D eigenvalue weighted by Crippen LogP contribution is -2.16. The highest BCUT2D eigenvalue weighted by molar-refractivity contribution is 6.34. The zero-order valence-electron chi connectivity index (χ0n) is 10.9. The molecule has 0 unspecified atom stereocenters. The minimum atomic E-state index is -0.414. The number of carbonyl (C=O) groups excluding carboxylic acids is 2. The molecule has 0 aliphatic rings. The molecular weight excluding hydrogens is 280 g/mol. The summed E-state index contributed by atoms with van der Waals surface area (Å²) in [6.07, 6.45) is 1.94. The van der Waals surface area contributed by atoms with E-state index in [1.807, 2.05) is 0 Å². The lowest BCUT2D eigenvalue weighted by atomic mass is 10.0. The third-order valence-corrected chi connectivity index (χ3v) is 3.10. The number of halogens is 1. The number of anilines is 1. The number of aromatic nitrogens is 1. The van der Waals surface area contributed by atoms with Crippen LogP contribution in [0, 0.1) is 0 Å². The van der Waals surface area contributed by atoms with Crippen LogP contribution >= 0.6 is 11.6 Å². The summed E-state index contributed by atoms with van der Waals surface area (Å²) in [7, 11) is 0. The van der Waals surface area contributed by atoms with Crippen LogP contribution in [0.25, 0.3) is 0 Å². The Labute approximate surface area is 120 Å². The molecule has 1 heterocycles. The van der Waals surface area contributed by atoms with Crippen LogP contribution in [0.2, 0.25) is 5.02 Å². The first kappa shape index (κ1) is 14.3. The highest BCUT2D eigenvalue weighted by atomic mass is 35.5. The van der Waals surface area contributed by atoms with Gasteiger partial charge in [0.1, 0.15) is 12.0 Å². The summed E-state index contributed by atoms with van der Waals surface area (Å²) >= 11 is 6.08. The van der Waals surface area contributed by atoms with E-state index in [0.717, 1.165) is 0 Å². The van der Waals surface area contributed by atoms with Crippen molar-refractivity contribution in [2.24, 2.45) is 0 Å². The first-order valence-corrected chi connectivity index (χ1v) is 6.50. The summed E-state index contributed by atoms with van der Waals surface area (Å²) in [5.74, 6) is -0.0751. The second-order valence-electron chi connectivity index (χ2n) is 4.18. The highest BCUT2D eigenvalue weighted by Gasteiger charge is 2.17. The Kier molecular flexibility index (Phi) is 4.53. The molecule has 0 bridgehead atoms. The van der Waals surface area contributed by atoms with Gasteiger partial charge in [-0.25, -0.2) is 0 Å². The Morgan fingerprint density at radius 1 is 1.35 bits per heavy atom. The first-order valence-electron chi connectivity index (χ1n) is 6.12. The van der Waals surface area contributed by atoms with Crippen molar-refractivity contribution in [3.63, 3.8) is 0 Å². The number of Topliss-reactive ketones (excluding diaryl/α,β-unsaturated/α-hetero) is 1. The van der Waals surface area contributed by atoms with Gasteiger partial charge in [-0.1, -0.05) is 35.8 Å². The molecule has 0 atom stereocenters. The maximum absolute atomic E-state index is 12.2. The fraction of sp³-hybridized carbons (Fsp3) is 0.214. The van der Waals surface area contributed by atoms with Crippen LogP contribution < -0.4 is 5.32 Å². The van der Waals surface area contributed by atoms with Crippen LogP contribution in [-0.2, 0) is 11.2 Å². The van der Waals surface area contributed by atoms with E-state index in [-0.39, 0.29) is 12.2 Å². The van der Waals surface area contributed by atoms with Crippen LogP contribution in [-0.4, -0.2) is 16.8 Å². The van der Waals surface area contributed by atoms with E-state index in [2.05, 4.69) is 15.0 Å². The lowest BCUT2D eigenvalue weighted by molar-refractivity contribution is -0.118. The molecule has 0 spiro atoms. The van der Waals surface area contributed by atoms with Crippen LogP contribution in [0.1, 0.15) is 29.3 Å². The molecule has 2 aromatic rings. The maximum atomic E-state index is 12.2. The van der Waals surface area contributed by atoms with Gasteiger partial charge in [-0.15, -0.1) is 0 Å². The molecule has 1 aromatic carbocycles. The molecule has 1 aromatic heterocycles. The number of nitrogens with one attached hydrogen (secondary N) is 1. The molecular formula is C14H13ClN2O3. The average molecular weight is 293 g/mol. The Bertz CT molecular complexity index is 623. The molecule has 104 valence electrons. The largest absolute Gasteiger partial charge is 0.363 e. The quantitative estimate of drug-likeness (QED) is 0.919. The van der Waals surface area contributed by atoms with Gasteiger partial charge in [-0.2, -0.15) is 0 Å². The van der Waals surface area contributed by atoms with Gasteiger partial charge in [0.15, 0.2) is 5.82 Å². The standard InChI is InChI=1S/C14H13ClN2O3/c1-2-10(18)8-9-4-3-5-11(15)13(9)14(19)16-12-6-7-20-17-12/h3-7H,2,8H2,1H3,(H,16,17,19). The molecule has 0 saturated carbocycles. The van der Waals surface area contributed by atoms with Crippen molar-refractivity contribution in [2.45, 2.75) is 19.8 Å². The van der Waals surface area contributed by atoms with E-state index in [4.69, 9.17) is 11.6 Å². The molecule has 0 radical (unpaired) electrons. The minimum Gasteiger partial charge on any atom is -0.363 e. The molecule has 2 rings (SSSR count). The van der Waals surface area contributed by atoms with Gasteiger partial charge in [0.05, 0.1) is 10.6 Å². The molecule has 6 heteroatoms. The first-order chi connectivity index (χ1) is 9.61. The Hall–Kier alpha value is -2.14. The predicted molar refractivity (Wildman–Crippen MR) is 74.9 cm³/mol. The number of hydrogen-bond donors (Lipinski definition) is 1. The number of amides is 1. The summed E-state index contributed by atoms with van der Waals surface area (Å²) in [6.45, 7) is 1.78. The summed E-state index contributed by atoms with van der Waals surface area (Å²) in [5.41, 5.74) is 0.893. The molecule has 0 aliphatic carbocycles. The van der Waals surface area contributed by atoms with Gasteiger partial charge in [0.25, 0.3) is 5.91 Å². The number of nitrogens with zero attached hydrogens (tertiary/aromatic N) is 1. The van der Waals surface area contributed by atoms with Crippen LogP contribution in [0.3, 0.4) is 0 Å². The van der Waals surface area contributed by atoms with Crippen LogP contribution in [0.4, 0.5) is 5.82 Å². The van der Waals surface area contributed by atoms with Gasteiger partial charge in [0, 0.05) is 18.9 Å². The zero-order valence-corrected chi connectivity index (χ0v) is 11.6. The van der Waals surface area contributed by atoms with Gasteiger partial charge >= 0.3 is 0 Å². The van der Waals surface area contributed by atoms with Gasteiger partial charge in [-0.05, 0) is 11.6 Å². The third kappa shape index (κ3) is 3.24. The molecule has 5 nitrogen and oxygen atoms in total. The van der Waals surface area contributed by atoms with Crippen molar-refractivity contribution in [1.29, 1.82) is 0 Å². The third-order valence-electron chi connectivity index (χ3n) is 2.79. The second kappa shape index (κ2) is 6.34. The van der Waals surface area contributed by atoms with Crippen molar-refractivity contribution in [3.05, 3.63) is 46.7 Å². The monoisotopic (exact) mass is 292 g/mol. The van der Waals surface area contributed by atoms with Crippen molar-refractivity contribution in [1.82, 2.24) is 5.16 Å². The number of benzene rings is 1. The fourth-order valence-electron chi connectivity index (χ4n) is 1.76. The lowest BCUT2D eigenvalue weighted by Gasteiger charge is -2.10. The number of hydrogen-bond acceptors (Lipinski definition) is 4. The van der Waals surface area contributed by atoms with E-state index in [1.165, 1.54) is 12.3 Å². The van der Waals surface area contributed by atoms with Crippen LogP contribution in [0.5, 0.6) is 0 Å². The SMILES string of the molecule is CCC(=O)Cc1cccc(Cl)c1C(=O)Nc1ccon1. The van der Waals surface area contributed by atoms with Crippen molar-refractivity contribution < 1.29 is 14.1 Å². The topological polar surface area (TPSA) is 72.2 Å². The molecule has 20 heavy (non-hydrogen) atoms. The smallest absolute Gasteiger partial charge is 0.258 e. The summed E-state index contributed by atoms with van der Waals surface area (Å²) in [5, 5.41) is 6.47. The predicted octanol–water partition coefficient (Wildman–Crippen LogP) is 3.10. The number of carbonyl (C=O) groups is 2. The number of rotatable bonds is 5. The van der Waals surface area contributed by atoms with E-state index >= 15 is 0 Å². The molecule has 1 N–H and O–H groups in total. The van der Waals surface area contributed by atoms with Crippen molar-refractivity contribution in [3.8, 4) is 0 Å². The zero-order chi connectivity index (χ0) is 14.5. The van der Waals surface area contributed by atoms with Crippen molar-refractivity contribution >= 4 is 29.1 Å². The average Bonchev–Trinajstić information content (AvgIpc) is 2.91. The van der Waals surface area contributed by atoms with Crippen LogP contribution in [0.15, 0.2) is 35.1 Å². The van der Waals surface area contributed by atoms with Gasteiger partial charge in [0.2, 0.25) is 0 Å². The summed E-state index contributed by atoms with van der Waals surface area (Å²) in [4.78, 5) is 23.8. The molecule has 0 saturated heterocycles. The highest BCUT2D eigenvalue weighted by Crippen LogP contribution is 2.22. The summed E-state index contributed by atoms with van der Waals surface area (Å²) < 4.78 is 4.64. The maximum Gasteiger partial charge on any atom is 0.258 e. The van der Waals surface area contributed by atoms with Gasteiger partial charge in [-0.3, -0.25) is 9.59 Å². The van der Waals surface area contributed by atoms with E-state index < -0.39 is 5.91 Å². The fourth-order valence-corrected chi connectivity index (χ4v) is 2.04. The second-order valence-corrected chi connectivity index (χ2v) is 4.59. The number of ketones is 1. The van der Waals surface area contributed by atoms with E-state index in [0.29, 0.717) is 28.4 Å². The van der Waals surface area contributed by atoms with E-state index in [1.54, 1.807) is 25.1 Å². The normalized spacial score (nSPS) is 10.3. The van der Waals surface area contributed by atoms with E-state index in [9.17, 15) is 9.59 Å². The Morgan fingerprint density at radius 3 is 2.80 bits per heavy atom. The Balaban J connectivity index is 2.29. The molecule has 0 aliphatic heterocycles.